The van der Waals surface area contributed by atoms with Gasteiger partial charge < -0.3 is 15.2 Å². The molecule has 106 valence electrons. The fraction of sp³-hybridized carbons (Fsp3) is 0.600. The Morgan fingerprint density at radius 2 is 2.00 bits per heavy atom. The summed E-state index contributed by atoms with van der Waals surface area (Å²) in [7, 11) is 1.67. The number of nitrogens with one attached hydrogen (secondary N) is 1. The van der Waals surface area contributed by atoms with E-state index in [1.54, 1.807) is 7.11 Å². The number of methoxy groups -OCH3 is 1. The quantitative estimate of drug-likeness (QED) is 0.890. The number of ether oxygens (including phenoxy) is 1. The Bertz CT molecular complexity index is 419. The molecule has 0 aliphatic carbocycles. The lowest BCUT2D eigenvalue weighted by Gasteiger charge is -2.50. The summed E-state index contributed by atoms with van der Waals surface area (Å²) in [5, 5.41) is 13.5. The molecule has 0 amide bonds. The van der Waals surface area contributed by atoms with Crippen molar-refractivity contribution in [3.8, 4) is 5.75 Å². The number of aliphatic hydroxyl groups is 1. The SMILES string of the molecule is COc1ccc(NC2(CO)CSCCC2(C)C)cc1. The molecule has 1 fully saturated rings. The molecule has 1 saturated heterocycles. The van der Waals surface area contributed by atoms with Gasteiger partial charge in [-0.05, 0) is 41.9 Å². The average Bonchev–Trinajstić information content (AvgIpc) is 2.42. The molecule has 19 heavy (non-hydrogen) atoms. The highest BCUT2D eigenvalue weighted by Crippen LogP contribution is 2.44. The molecule has 0 spiro atoms. The zero-order valence-corrected chi connectivity index (χ0v) is 12.7. The number of aliphatic hydroxyl groups excluding tert-OH is 1. The fourth-order valence-corrected chi connectivity index (χ4v) is 4.17. The van der Waals surface area contributed by atoms with E-state index in [1.165, 1.54) is 5.75 Å². The van der Waals surface area contributed by atoms with E-state index in [2.05, 4.69) is 19.2 Å². The van der Waals surface area contributed by atoms with Gasteiger partial charge in [0.1, 0.15) is 5.75 Å². The van der Waals surface area contributed by atoms with E-state index < -0.39 is 0 Å². The van der Waals surface area contributed by atoms with Crippen LogP contribution in [0.25, 0.3) is 0 Å². The highest BCUT2D eigenvalue weighted by molar-refractivity contribution is 7.99. The van der Waals surface area contributed by atoms with Gasteiger partial charge in [-0.1, -0.05) is 13.8 Å². The maximum absolute atomic E-state index is 9.94. The van der Waals surface area contributed by atoms with Gasteiger partial charge in [0.25, 0.3) is 0 Å². The summed E-state index contributed by atoms with van der Waals surface area (Å²) in [6.45, 7) is 4.62. The monoisotopic (exact) mass is 281 g/mol. The van der Waals surface area contributed by atoms with Crippen LogP contribution in [-0.2, 0) is 0 Å². The highest BCUT2D eigenvalue weighted by Gasteiger charge is 2.46. The van der Waals surface area contributed by atoms with Crippen molar-refractivity contribution in [2.24, 2.45) is 5.41 Å². The van der Waals surface area contributed by atoms with Crippen LogP contribution in [0.5, 0.6) is 5.75 Å². The Balaban J connectivity index is 2.21. The molecule has 1 aromatic carbocycles. The third-order valence-corrected chi connectivity index (χ3v) is 5.45. The van der Waals surface area contributed by atoms with Crippen molar-refractivity contribution in [2.75, 3.05) is 30.5 Å². The predicted octanol–water partition coefficient (Wildman–Crippen LogP) is 3.00. The molecule has 2 rings (SSSR count). The second-order valence-corrected chi connectivity index (χ2v) is 6.89. The van der Waals surface area contributed by atoms with Gasteiger partial charge in [-0.3, -0.25) is 0 Å². The van der Waals surface area contributed by atoms with Crippen LogP contribution in [0.15, 0.2) is 24.3 Å². The van der Waals surface area contributed by atoms with Gasteiger partial charge in [-0.15, -0.1) is 0 Å². The summed E-state index contributed by atoms with van der Waals surface area (Å²) < 4.78 is 5.17. The van der Waals surface area contributed by atoms with Gasteiger partial charge in [-0.2, -0.15) is 11.8 Å². The van der Waals surface area contributed by atoms with Crippen molar-refractivity contribution in [2.45, 2.75) is 25.8 Å². The van der Waals surface area contributed by atoms with Crippen molar-refractivity contribution in [3.63, 3.8) is 0 Å². The Kier molecular flexibility index (Phi) is 4.31. The van der Waals surface area contributed by atoms with Crippen LogP contribution in [0, 0.1) is 5.41 Å². The van der Waals surface area contributed by atoms with Crippen LogP contribution in [0.1, 0.15) is 20.3 Å². The largest absolute Gasteiger partial charge is 0.497 e. The van der Waals surface area contributed by atoms with Gasteiger partial charge in [0.2, 0.25) is 0 Å². The minimum Gasteiger partial charge on any atom is -0.497 e. The molecule has 1 aliphatic heterocycles. The first-order chi connectivity index (χ1) is 9.03. The molecule has 1 aromatic rings. The van der Waals surface area contributed by atoms with E-state index in [4.69, 9.17) is 4.74 Å². The molecule has 1 heterocycles. The summed E-state index contributed by atoms with van der Waals surface area (Å²) >= 11 is 1.91. The van der Waals surface area contributed by atoms with E-state index in [1.807, 2.05) is 36.0 Å². The summed E-state index contributed by atoms with van der Waals surface area (Å²) in [6, 6.07) is 7.89. The van der Waals surface area contributed by atoms with Crippen LogP contribution < -0.4 is 10.1 Å². The number of hydrogen-bond acceptors (Lipinski definition) is 4. The molecule has 0 saturated carbocycles. The van der Waals surface area contributed by atoms with Gasteiger partial charge in [0.15, 0.2) is 0 Å². The standard InChI is InChI=1S/C15H23NO2S/c1-14(2)8-9-19-11-15(14,10-17)16-12-4-6-13(18-3)7-5-12/h4-7,16-17H,8-11H2,1-3H3. The smallest absolute Gasteiger partial charge is 0.119 e. The van der Waals surface area contributed by atoms with Crippen LogP contribution in [0.4, 0.5) is 5.69 Å². The first-order valence-corrected chi connectivity index (χ1v) is 7.79. The maximum atomic E-state index is 9.94. The van der Waals surface area contributed by atoms with E-state index >= 15 is 0 Å². The molecule has 0 bridgehead atoms. The third-order valence-electron chi connectivity index (χ3n) is 4.26. The van der Waals surface area contributed by atoms with Crippen molar-refractivity contribution in [1.29, 1.82) is 0 Å². The summed E-state index contributed by atoms with van der Waals surface area (Å²) in [5.41, 5.74) is 0.850. The van der Waals surface area contributed by atoms with Crippen molar-refractivity contribution < 1.29 is 9.84 Å². The molecule has 4 heteroatoms. The zero-order valence-electron chi connectivity index (χ0n) is 11.9. The highest BCUT2D eigenvalue weighted by atomic mass is 32.2. The average molecular weight is 281 g/mol. The molecule has 0 radical (unpaired) electrons. The maximum Gasteiger partial charge on any atom is 0.119 e. The predicted molar refractivity (Wildman–Crippen MR) is 82.2 cm³/mol. The molecule has 2 N–H and O–H groups in total. The molecule has 1 atom stereocenters. The van der Waals surface area contributed by atoms with Crippen molar-refractivity contribution in [1.82, 2.24) is 0 Å². The van der Waals surface area contributed by atoms with E-state index in [0.29, 0.717) is 0 Å². The van der Waals surface area contributed by atoms with Gasteiger partial charge in [-0.25, -0.2) is 0 Å². The minimum atomic E-state index is -0.259. The second kappa shape index (κ2) is 5.63. The van der Waals surface area contributed by atoms with Crippen LogP contribution in [0.2, 0.25) is 0 Å². The second-order valence-electron chi connectivity index (χ2n) is 5.78. The van der Waals surface area contributed by atoms with Gasteiger partial charge in [0, 0.05) is 11.4 Å². The normalized spacial score (nSPS) is 25.9. The van der Waals surface area contributed by atoms with E-state index in [0.717, 1.165) is 23.6 Å². The number of thioether (sulfide) groups is 1. The number of hydrogen-bond donors (Lipinski definition) is 2. The first-order valence-electron chi connectivity index (χ1n) is 6.64. The Morgan fingerprint density at radius 3 is 2.53 bits per heavy atom. The third kappa shape index (κ3) is 2.84. The molecule has 3 nitrogen and oxygen atoms in total. The van der Waals surface area contributed by atoms with E-state index in [9.17, 15) is 5.11 Å². The van der Waals surface area contributed by atoms with E-state index in [-0.39, 0.29) is 17.6 Å². The Labute approximate surface area is 119 Å². The summed E-state index contributed by atoms with van der Waals surface area (Å²) in [6.07, 6.45) is 1.11. The van der Waals surface area contributed by atoms with Gasteiger partial charge in [0.05, 0.1) is 19.3 Å². The molecule has 0 aromatic heterocycles. The van der Waals surface area contributed by atoms with Crippen LogP contribution >= 0.6 is 11.8 Å². The lowest BCUT2D eigenvalue weighted by molar-refractivity contribution is 0.110. The number of anilines is 1. The van der Waals surface area contributed by atoms with Crippen LogP contribution in [-0.4, -0.2) is 35.9 Å². The Morgan fingerprint density at radius 1 is 1.32 bits per heavy atom. The van der Waals surface area contributed by atoms with Gasteiger partial charge >= 0.3 is 0 Å². The fourth-order valence-electron chi connectivity index (χ4n) is 2.46. The first kappa shape index (κ1) is 14.5. The topological polar surface area (TPSA) is 41.5 Å². The molecular formula is C15H23NO2S. The summed E-state index contributed by atoms with van der Waals surface area (Å²) in [5.74, 6) is 2.95. The van der Waals surface area contributed by atoms with Crippen LogP contribution in [0.3, 0.4) is 0 Å². The lowest BCUT2D eigenvalue weighted by Crippen LogP contribution is -2.58. The Hall–Kier alpha value is -0.870. The van der Waals surface area contributed by atoms with Crippen molar-refractivity contribution >= 4 is 17.4 Å². The molecule has 1 aliphatic rings. The minimum absolute atomic E-state index is 0.0763. The molecular weight excluding hydrogens is 258 g/mol. The number of rotatable bonds is 4. The van der Waals surface area contributed by atoms with Crippen molar-refractivity contribution in [3.05, 3.63) is 24.3 Å². The number of benzene rings is 1. The lowest BCUT2D eigenvalue weighted by atomic mass is 9.71. The molecule has 1 unspecified atom stereocenters. The zero-order chi connectivity index (χ0) is 13.9. The summed E-state index contributed by atoms with van der Waals surface area (Å²) in [4.78, 5) is 0.